The van der Waals surface area contributed by atoms with Crippen LogP contribution < -0.4 is 0 Å². The number of hydrogen-bond acceptors (Lipinski definition) is 3. The zero-order valence-electron chi connectivity index (χ0n) is 13.2. The lowest BCUT2D eigenvalue weighted by atomic mass is 9.90. The molecule has 4 rings (SSSR count). The summed E-state index contributed by atoms with van der Waals surface area (Å²) in [6, 6.07) is 3.82. The van der Waals surface area contributed by atoms with Crippen LogP contribution in [-0.4, -0.2) is 34.6 Å². The van der Waals surface area contributed by atoms with Gasteiger partial charge in [-0.25, -0.2) is 4.39 Å². The van der Waals surface area contributed by atoms with Gasteiger partial charge in [0.1, 0.15) is 5.83 Å². The Kier molecular flexibility index (Phi) is 3.84. The number of hydrogen-bond donors (Lipinski definition) is 0. The third kappa shape index (κ3) is 2.70. The Bertz CT molecular complexity index is 779. The highest BCUT2D eigenvalue weighted by atomic mass is 19.1. The maximum atomic E-state index is 14.5. The monoisotopic (exact) mass is 323 g/mol. The Balaban J connectivity index is 1.46. The van der Waals surface area contributed by atoms with Crippen LogP contribution in [0.3, 0.4) is 0 Å². The van der Waals surface area contributed by atoms with Crippen LogP contribution in [0, 0.1) is 5.92 Å². The molecule has 0 spiro atoms. The summed E-state index contributed by atoms with van der Waals surface area (Å²) >= 11 is 0. The van der Waals surface area contributed by atoms with E-state index >= 15 is 0 Å². The highest BCUT2D eigenvalue weighted by Crippen LogP contribution is 2.32. The first-order valence-electron chi connectivity index (χ1n) is 8.19. The number of likely N-dealkylation sites (tertiary alicyclic amines) is 1. The van der Waals surface area contributed by atoms with E-state index in [9.17, 15) is 9.18 Å². The zero-order valence-corrected chi connectivity index (χ0v) is 13.2. The van der Waals surface area contributed by atoms with Crippen molar-refractivity contribution in [1.82, 2.24) is 9.88 Å². The molecule has 1 amide bonds. The van der Waals surface area contributed by atoms with Crippen molar-refractivity contribution in [2.45, 2.75) is 18.8 Å². The fourth-order valence-corrected chi connectivity index (χ4v) is 3.50. The lowest BCUT2D eigenvalue weighted by Crippen LogP contribution is -2.30. The number of halogens is 1. The summed E-state index contributed by atoms with van der Waals surface area (Å²) in [5, 5.41) is 0. The van der Waals surface area contributed by atoms with Crippen LogP contribution in [0.1, 0.15) is 24.3 Å². The molecule has 3 heterocycles. The number of rotatable bonds is 3. The predicted octanol–water partition coefficient (Wildman–Crippen LogP) is 3.17. The second-order valence-corrected chi connectivity index (χ2v) is 6.35. The Morgan fingerprint density at radius 2 is 2.08 bits per heavy atom. The predicted molar refractivity (Wildman–Crippen MR) is 90.1 cm³/mol. The van der Waals surface area contributed by atoms with Crippen molar-refractivity contribution in [3.8, 4) is 0 Å². The molecule has 1 aliphatic carbocycles. The van der Waals surface area contributed by atoms with Crippen LogP contribution in [-0.2, 0) is 4.79 Å². The summed E-state index contributed by atoms with van der Waals surface area (Å²) < 4.78 is 14.5. The van der Waals surface area contributed by atoms with Gasteiger partial charge >= 0.3 is 0 Å². The molecule has 1 fully saturated rings. The number of allylic oxidation sites excluding steroid dienone is 3. The largest absolute Gasteiger partial charge is 0.332 e. The fourth-order valence-electron chi connectivity index (χ4n) is 3.50. The van der Waals surface area contributed by atoms with Crippen LogP contribution >= 0.6 is 0 Å². The van der Waals surface area contributed by atoms with E-state index in [0.717, 1.165) is 17.7 Å². The fraction of sp³-hybridized carbons (Fsp3) is 0.316. The van der Waals surface area contributed by atoms with E-state index in [1.807, 2.05) is 24.3 Å². The number of pyridine rings is 1. The van der Waals surface area contributed by atoms with Gasteiger partial charge in [0.05, 0.1) is 18.2 Å². The standard InChI is InChI=1S/C19H18FN3O/c20-17-10-14(13-5-8-21-9-6-13)3-4-15(17)11-23-12-18-16(19(23)24)2-1-7-22-18/h1,4-10,14,16H,2-3,11-12H2. The van der Waals surface area contributed by atoms with Crippen molar-refractivity contribution in [2.75, 3.05) is 13.1 Å². The number of aromatic nitrogens is 1. The maximum absolute atomic E-state index is 14.5. The van der Waals surface area contributed by atoms with Gasteiger partial charge in [0.15, 0.2) is 0 Å². The Hall–Kier alpha value is -2.56. The van der Waals surface area contributed by atoms with E-state index in [2.05, 4.69) is 9.98 Å². The van der Waals surface area contributed by atoms with Gasteiger partial charge in [-0.3, -0.25) is 14.8 Å². The van der Waals surface area contributed by atoms with E-state index in [-0.39, 0.29) is 23.6 Å². The van der Waals surface area contributed by atoms with Gasteiger partial charge in [0.2, 0.25) is 5.91 Å². The minimum Gasteiger partial charge on any atom is -0.332 e. The van der Waals surface area contributed by atoms with Crippen molar-refractivity contribution in [1.29, 1.82) is 0 Å². The number of carbonyl (C=O) groups excluding carboxylic acids is 1. The summed E-state index contributed by atoms with van der Waals surface area (Å²) in [7, 11) is 0. The van der Waals surface area contributed by atoms with Crippen molar-refractivity contribution in [2.24, 2.45) is 10.9 Å². The van der Waals surface area contributed by atoms with Crippen molar-refractivity contribution in [3.63, 3.8) is 0 Å². The Morgan fingerprint density at radius 3 is 2.83 bits per heavy atom. The second kappa shape index (κ2) is 6.15. The number of aliphatic imine (C=N–C) groups is 1. The molecule has 1 aromatic rings. The maximum Gasteiger partial charge on any atom is 0.232 e. The summed E-state index contributed by atoms with van der Waals surface area (Å²) in [4.78, 5) is 22.4. The minimum absolute atomic E-state index is 0.0298. The SMILES string of the molecule is O=C1C2CC=CN=C2CN1CC1=CCC(c2ccncc2)C=C1F. The van der Waals surface area contributed by atoms with Gasteiger partial charge in [0, 0.05) is 36.6 Å². The molecule has 0 bridgehead atoms. The molecule has 1 saturated heterocycles. The van der Waals surface area contributed by atoms with E-state index in [4.69, 9.17) is 0 Å². The first kappa shape index (κ1) is 15.0. The average Bonchev–Trinajstić information content (AvgIpc) is 2.94. The van der Waals surface area contributed by atoms with Crippen LogP contribution in [0.15, 0.2) is 65.3 Å². The number of nitrogens with zero attached hydrogens (tertiary/aromatic N) is 3. The molecule has 122 valence electrons. The van der Waals surface area contributed by atoms with Gasteiger partial charge in [-0.05, 0) is 36.6 Å². The van der Waals surface area contributed by atoms with Gasteiger partial charge in [0.25, 0.3) is 0 Å². The second-order valence-electron chi connectivity index (χ2n) is 6.35. The first-order chi connectivity index (χ1) is 11.7. The highest BCUT2D eigenvalue weighted by molar-refractivity contribution is 6.11. The molecular weight excluding hydrogens is 305 g/mol. The van der Waals surface area contributed by atoms with E-state index in [1.165, 1.54) is 0 Å². The quantitative estimate of drug-likeness (QED) is 0.858. The summed E-state index contributed by atoms with van der Waals surface area (Å²) in [5.74, 6) is -0.285. The van der Waals surface area contributed by atoms with Crippen LogP contribution in [0.4, 0.5) is 4.39 Å². The molecule has 3 aliphatic rings. The van der Waals surface area contributed by atoms with E-state index in [0.29, 0.717) is 25.1 Å². The molecule has 0 radical (unpaired) electrons. The summed E-state index contributed by atoms with van der Waals surface area (Å²) in [6.45, 7) is 0.825. The van der Waals surface area contributed by atoms with Gasteiger partial charge in [-0.2, -0.15) is 0 Å². The smallest absolute Gasteiger partial charge is 0.232 e. The molecule has 2 aliphatic heterocycles. The minimum atomic E-state index is -0.231. The molecule has 2 atom stereocenters. The van der Waals surface area contributed by atoms with Gasteiger partial charge < -0.3 is 4.90 Å². The topological polar surface area (TPSA) is 45.6 Å². The molecule has 0 N–H and O–H groups in total. The Labute approximate surface area is 140 Å². The molecule has 5 heteroatoms. The van der Waals surface area contributed by atoms with E-state index < -0.39 is 0 Å². The van der Waals surface area contributed by atoms with Gasteiger partial charge in [-0.15, -0.1) is 0 Å². The van der Waals surface area contributed by atoms with Crippen LogP contribution in [0.2, 0.25) is 0 Å². The first-order valence-corrected chi connectivity index (χ1v) is 8.19. The lowest BCUT2D eigenvalue weighted by Gasteiger charge is -2.22. The molecule has 0 aromatic carbocycles. The number of amides is 1. The summed E-state index contributed by atoms with van der Waals surface area (Å²) in [5.41, 5.74) is 2.55. The molecular formula is C19H18FN3O. The van der Waals surface area contributed by atoms with E-state index in [1.54, 1.807) is 29.6 Å². The van der Waals surface area contributed by atoms with Crippen LogP contribution in [0.5, 0.6) is 0 Å². The van der Waals surface area contributed by atoms with Crippen molar-refractivity contribution < 1.29 is 9.18 Å². The normalized spacial score (nSPS) is 26.0. The number of carbonyl (C=O) groups is 1. The molecule has 24 heavy (non-hydrogen) atoms. The molecule has 4 nitrogen and oxygen atoms in total. The third-order valence-corrected chi connectivity index (χ3v) is 4.85. The molecule has 1 aromatic heterocycles. The van der Waals surface area contributed by atoms with Gasteiger partial charge in [-0.1, -0.05) is 12.2 Å². The van der Waals surface area contributed by atoms with Crippen molar-refractivity contribution >= 4 is 11.6 Å². The van der Waals surface area contributed by atoms with Crippen LogP contribution in [0.25, 0.3) is 0 Å². The lowest BCUT2D eigenvalue weighted by molar-refractivity contribution is -0.130. The highest BCUT2D eigenvalue weighted by Gasteiger charge is 2.37. The zero-order chi connectivity index (χ0) is 16.5. The molecule has 2 unspecified atom stereocenters. The number of fused-ring (bicyclic) bond motifs is 1. The average molecular weight is 323 g/mol. The summed E-state index contributed by atoms with van der Waals surface area (Å²) in [6.07, 6.45) is 12.1. The third-order valence-electron chi connectivity index (χ3n) is 4.85. The van der Waals surface area contributed by atoms with Crippen molar-refractivity contribution in [3.05, 3.63) is 65.9 Å². The molecule has 0 saturated carbocycles. The Morgan fingerprint density at radius 1 is 1.25 bits per heavy atom.